The third-order valence-corrected chi connectivity index (χ3v) is 7.79. The van der Waals surface area contributed by atoms with Crippen molar-refractivity contribution in [3.05, 3.63) is 105 Å². The highest BCUT2D eigenvalue weighted by atomic mass is 16.2. The van der Waals surface area contributed by atoms with Crippen molar-refractivity contribution in [1.29, 1.82) is 0 Å². The van der Waals surface area contributed by atoms with Gasteiger partial charge < -0.3 is 9.80 Å². The van der Waals surface area contributed by atoms with E-state index in [9.17, 15) is 14.4 Å². The molecular weight excluding hydrogens is 464 g/mol. The minimum Gasteiger partial charge on any atom is -0.342 e. The van der Waals surface area contributed by atoms with Gasteiger partial charge in [-0.25, -0.2) is 0 Å². The summed E-state index contributed by atoms with van der Waals surface area (Å²) >= 11 is 0. The second-order valence-electron chi connectivity index (χ2n) is 10.4. The first-order valence-electron chi connectivity index (χ1n) is 12.9. The average Bonchev–Trinajstić information content (AvgIpc) is 3.03. The quantitative estimate of drug-likeness (QED) is 0.551. The zero-order valence-corrected chi connectivity index (χ0v) is 22.1. The van der Waals surface area contributed by atoms with Crippen LogP contribution < -0.4 is 10.4 Å². The van der Waals surface area contributed by atoms with Gasteiger partial charge in [0, 0.05) is 37.8 Å². The zero-order valence-electron chi connectivity index (χ0n) is 22.1. The molecule has 5 rings (SSSR count). The molecule has 2 aromatic carbocycles. The summed E-state index contributed by atoms with van der Waals surface area (Å²) in [5.41, 5.74) is 5.50. The molecule has 0 N–H and O–H groups in total. The summed E-state index contributed by atoms with van der Waals surface area (Å²) in [5.74, 6) is -0.266. The van der Waals surface area contributed by atoms with E-state index in [4.69, 9.17) is 0 Å². The second kappa shape index (κ2) is 9.54. The van der Waals surface area contributed by atoms with Gasteiger partial charge in [0.1, 0.15) is 11.9 Å². The summed E-state index contributed by atoms with van der Waals surface area (Å²) in [6, 6.07) is 18.1. The fourth-order valence-electron chi connectivity index (χ4n) is 5.81. The largest absolute Gasteiger partial charge is 0.342 e. The standard InChI is InChI=1S/C30H34N4O3/c1-19(2)33-27(18-31(5)21(4)35)34(32-17-16-26(36)20(3)28(32)30(33)37)29-24-12-8-6-10-22(24)14-15-23-11-7-9-13-25(23)29/h6-13,16-17,19,27,29H,14-15,18H2,1-5H3. The lowest BCUT2D eigenvalue weighted by Gasteiger charge is -2.52. The second-order valence-corrected chi connectivity index (χ2v) is 10.4. The number of amides is 2. The van der Waals surface area contributed by atoms with Crippen LogP contribution >= 0.6 is 0 Å². The molecule has 7 nitrogen and oxygen atoms in total. The number of pyridine rings is 1. The van der Waals surface area contributed by atoms with Gasteiger partial charge in [-0.05, 0) is 55.9 Å². The maximum Gasteiger partial charge on any atom is 0.274 e. The summed E-state index contributed by atoms with van der Waals surface area (Å²) < 4.78 is 1.88. The fourth-order valence-corrected chi connectivity index (χ4v) is 5.81. The molecule has 0 fully saturated rings. The normalized spacial score (nSPS) is 17.2. The van der Waals surface area contributed by atoms with Crippen LogP contribution in [0, 0.1) is 6.92 Å². The highest BCUT2D eigenvalue weighted by molar-refractivity contribution is 5.95. The van der Waals surface area contributed by atoms with Crippen molar-refractivity contribution < 1.29 is 9.59 Å². The lowest BCUT2D eigenvalue weighted by atomic mass is 9.93. The zero-order chi connectivity index (χ0) is 26.4. The van der Waals surface area contributed by atoms with Crippen LogP contribution in [0.1, 0.15) is 65.1 Å². The smallest absolute Gasteiger partial charge is 0.274 e. The Bertz CT molecular complexity index is 1380. The average molecular weight is 499 g/mol. The van der Waals surface area contributed by atoms with E-state index in [-0.39, 0.29) is 29.3 Å². The summed E-state index contributed by atoms with van der Waals surface area (Å²) in [4.78, 5) is 42.7. The van der Waals surface area contributed by atoms with Crippen LogP contribution in [0.5, 0.6) is 0 Å². The first-order chi connectivity index (χ1) is 17.7. The molecule has 192 valence electrons. The van der Waals surface area contributed by atoms with E-state index in [1.165, 1.54) is 28.3 Å². The predicted molar refractivity (Wildman–Crippen MR) is 144 cm³/mol. The van der Waals surface area contributed by atoms with E-state index >= 15 is 0 Å². The van der Waals surface area contributed by atoms with Crippen molar-refractivity contribution in [1.82, 2.24) is 14.5 Å². The molecule has 0 bridgehead atoms. The molecular formula is C30H34N4O3. The molecule has 0 radical (unpaired) electrons. The summed E-state index contributed by atoms with van der Waals surface area (Å²) in [6.07, 6.45) is 3.09. The molecule has 2 aliphatic rings. The number of carbonyl (C=O) groups is 2. The van der Waals surface area contributed by atoms with E-state index in [1.807, 2.05) is 23.4 Å². The van der Waals surface area contributed by atoms with Crippen molar-refractivity contribution in [3.8, 4) is 0 Å². The first kappa shape index (κ1) is 24.8. The van der Waals surface area contributed by atoms with E-state index in [0.717, 1.165) is 12.8 Å². The van der Waals surface area contributed by atoms with Gasteiger partial charge in [0.15, 0.2) is 5.43 Å². The van der Waals surface area contributed by atoms with E-state index in [2.05, 4.69) is 53.5 Å². The third kappa shape index (κ3) is 4.12. The maximum atomic E-state index is 14.0. The van der Waals surface area contributed by atoms with Crippen LogP contribution in [0.3, 0.4) is 0 Å². The lowest BCUT2D eigenvalue weighted by molar-refractivity contribution is -0.128. The Balaban J connectivity index is 1.85. The Morgan fingerprint density at radius 1 is 0.973 bits per heavy atom. The number of hydrogen-bond donors (Lipinski definition) is 0. The van der Waals surface area contributed by atoms with Crippen LogP contribution in [0.25, 0.3) is 0 Å². The molecule has 37 heavy (non-hydrogen) atoms. The Kier molecular flexibility index (Phi) is 6.40. The summed E-state index contributed by atoms with van der Waals surface area (Å²) in [5, 5.41) is 2.21. The SMILES string of the molecule is CC(=O)N(C)CC1N(C(C)C)C(=O)c2c(C)c(=O)ccn2N1C1c2ccccc2CCc2ccccc21. The van der Waals surface area contributed by atoms with E-state index in [0.29, 0.717) is 17.8 Å². The number of hydrogen-bond acceptors (Lipinski definition) is 4. The molecule has 1 atom stereocenters. The van der Waals surface area contributed by atoms with Crippen LogP contribution in [0.15, 0.2) is 65.6 Å². The number of likely N-dealkylation sites (N-methyl/N-ethyl adjacent to an activating group) is 1. The molecule has 2 heterocycles. The monoisotopic (exact) mass is 498 g/mol. The third-order valence-electron chi connectivity index (χ3n) is 7.79. The van der Waals surface area contributed by atoms with Crippen molar-refractivity contribution in [2.75, 3.05) is 18.6 Å². The van der Waals surface area contributed by atoms with Crippen LogP contribution in [0.2, 0.25) is 0 Å². The molecule has 1 aliphatic heterocycles. The number of carbonyl (C=O) groups excluding carboxylic acids is 2. The molecule has 1 aliphatic carbocycles. The van der Waals surface area contributed by atoms with Crippen molar-refractivity contribution >= 4 is 11.8 Å². The maximum absolute atomic E-state index is 14.0. The van der Waals surface area contributed by atoms with Gasteiger partial charge in [0.25, 0.3) is 5.91 Å². The predicted octanol–water partition coefficient (Wildman–Crippen LogP) is 3.65. The number of aryl methyl sites for hydroxylation is 2. The van der Waals surface area contributed by atoms with Gasteiger partial charge in [-0.3, -0.25) is 24.1 Å². The molecule has 1 aromatic heterocycles. The minimum absolute atomic E-state index is 0.0698. The number of benzene rings is 2. The fraction of sp³-hybridized carbons (Fsp3) is 0.367. The van der Waals surface area contributed by atoms with Crippen molar-refractivity contribution in [2.45, 2.75) is 58.8 Å². The van der Waals surface area contributed by atoms with Gasteiger partial charge in [-0.15, -0.1) is 0 Å². The topological polar surface area (TPSA) is 65.9 Å². The number of rotatable bonds is 4. The lowest BCUT2D eigenvalue weighted by Crippen LogP contribution is -2.67. The van der Waals surface area contributed by atoms with Crippen molar-refractivity contribution in [3.63, 3.8) is 0 Å². The Morgan fingerprint density at radius 3 is 2.08 bits per heavy atom. The van der Waals surface area contributed by atoms with E-state index in [1.54, 1.807) is 32.0 Å². The molecule has 0 saturated heterocycles. The van der Waals surface area contributed by atoms with Gasteiger partial charge in [-0.1, -0.05) is 48.5 Å². The summed E-state index contributed by atoms with van der Waals surface area (Å²) in [6.45, 7) is 7.56. The molecule has 0 spiro atoms. The summed E-state index contributed by atoms with van der Waals surface area (Å²) in [7, 11) is 1.77. The Hall–Kier alpha value is -3.87. The highest BCUT2D eigenvalue weighted by Gasteiger charge is 2.45. The van der Waals surface area contributed by atoms with Gasteiger partial charge >= 0.3 is 0 Å². The van der Waals surface area contributed by atoms with E-state index < -0.39 is 6.17 Å². The van der Waals surface area contributed by atoms with Crippen LogP contribution in [-0.2, 0) is 17.6 Å². The number of aromatic nitrogens is 1. The molecule has 1 unspecified atom stereocenters. The molecule has 2 amide bonds. The first-order valence-corrected chi connectivity index (χ1v) is 12.9. The molecule has 0 saturated carbocycles. The minimum atomic E-state index is -0.458. The van der Waals surface area contributed by atoms with Gasteiger partial charge in [-0.2, -0.15) is 0 Å². The number of nitrogens with zero attached hydrogens (tertiary/aromatic N) is 4. The molecule has 7 heteroatoms. The van der Waals surface area contributed by atoms with Crippen LogP contribution in [-0.4, -0.2) is 52.1 Å². The van der Waals surface area contributed by atoms with Crippen molar-refractivity contribution in [2.24, 2.45) is 0 Å². The molecule has 3 aromatic rings. The van der Waals surface area contributed by atoms with Gasteiger partial charge in [0.05, 0.1) is 12.6 Å². The van der Waals surface area contributed by atoms with Gasteiger partial charge in [0.2, 0.25) is 5.91 Å². The highest BCUT2D eigenvalue weighted by Crippen LogP contribution is 2.39. The Labute approximate surface area is 217 Å². The Morgan fingerprint density at radius 2 is 1.54 bits per heavy atom. The van der Waals surface area contributed by atoms with Crippen LogP contribution in [0.4, 0.5) is 0 Å². The number of fused-ring (bicyclic) bond motifs is 3.